The number of rotatable bonds is 3. The smallest absolute Gasteiger partial charge is 0.211 e. The van der Waals surface area contributed by atoms with Crippen LogP contribution in [0.2, 0.25) is 0 Å². The van der Waals surface area contributed by atoms with Crippen LogP contribution in [0.3, 0.4) is 0 Å². The molecule has 108 valence electrons. The van der Waals surface area contributed by atoms with Gasteiger partial charge in [0.1, 0.15) is 11.3 Å². The van der Waals surface area contributed by atoms with Crippen LogP contribution in [0.1, 0.15) is 5.89 Å². The van der Waals surface area contributed by atoms with Gasteiger partial charge in [-0.05, 0) is 46.3 Å². The number of benzene rings is 2. The normalized spacial score (nSPS) is 11.9. The standard InChI is InChI=1S/C14H11BrN2O3S/c15-10-3-1-2-4-13(10)21(18,19)8-14-17-11-7-9(16)5-6-12(11)20-14/h1-7H,8,16H2. The Balaban J connectivity index is 1.99. The highest BCUT2D eigenvalue weighted by Gasteiger charge is 2.21. The van der Waals surface area contributed by atoms with E-state index in [2.05, 4.69) is 20.9 Å². The molecule has 2 N–H and O–H groups in total. The Hall–Kier alpha value is -1.86. The fourth-order valence-electron chi connectivity index (χ4n) is 1.99. The van der Waals surface area contributed by atoms with Gasteiger partial charge in [0.05, 0.1) is 4.90 Å². The van der Waals surface area contributed by atoms with E-state index in [-0.39, 0.29) is 16.5 Å². The first kappa shape index (κ1) is 14.1. The van der Waals surface area contributed by atoms with Gasteiger partial charge in [-0.2, -0.15) is 0 Å². The van der Waals surface area contributed by atoms with E-state index < -0.39 is 9.84 Å². The van der Waals surface area contributed by atoms with Crippen molar-refractivity contribution in [3.63, 3.8) is 0 Å². The third-order valence-electron chi connectivity index (χ3n) is 2.94. The van der Waals surface area contributed by atoms with Crippen molar-refractivity contribution in [3.8, 4) is 0 Å². The average Bonchev–Trinajstić information content (AvgIpc) is 2.79. The van der Waals surface area contributed by atoms with Crippen molar-refractivity contribution < 1.29 is 12.8 Å². The molecular weight excluding hydrogens is 356 g/mol. The fourth-order valence-corrected chi connectivity index (χ4v) is 4.27. The summed E-state index contributed by atoms with van der Waals surface area (Å²) in [5.74, 6) is -0.157. The molecule has 0 amide bonds. The number of fused-ring (bicyclic) bond motifs is 1. The van der Waals surface area contributed by atoms with E-state index in [4.69, 9.17) is 10.2 Å². The van der Waals surface area contributed by atoms with Crippen molar-refractivity contribution in [2.24, 2.45) is 0 Å². The van der Waals surface area contributed by atoms with Crippen LogP contribution in [0, 0.1) is 0 Å². The van der Waals surface area contributed by atoms with Gasteiger partial charge >= 0.3 is 0 Å². The zero-order valence-corrected chi connectivity index (χ0v) is 13.2. The lowest BCUT2D eigenvalue weighted by molar-refractivity contribution is 0.540. The molecule has 0 saturated carbocycles. The molecule has 3 aromatic rings. The summed E-state index contributed by atoms with van der Waals surface area (Å²) in [6.45, 7) is 0. The Morgan fingerprint density at radius 1 is 1.19 bits per heavy atom. The molecule has 0 radical (unpaired) electrons. The molecule has 7 heteroatoms. The molecule has 0 unspecified atom stereocenters. The molecule has 0 aliphatic heterocycles. The summed E-state index contributed by atoms with van der Waals surface area (Å²) < 4.78 is 30.8. The van der Waals surface area contributed by atoms with Crippen LogP contribution < -0.4 is 5.73 Å². The zero-order valence-electron chi connectivity index (χ0n) is 10.8. The summed E-state index contributed by atoms with van der Waals surface area (Å²) in [6, 6.07) is 11.6. The molecule has 0 aliphatic carbocycles. The number of nitrogen functional groups attached to an aromatic ring is 1. The SMILES string of the molecule is Nc1ccc2oc(CS(=O)(=O)c3ccccc3Br)nc2c1. The van der Waals surface area contributed by atoms with Gasteiger partial charge in [-0.1, -0.05) is 12.1 Å². The Labute approximate surface area is 129 Å². The van der Waals surface area contributed by atoms with Gasteiger partial charge in [0.15, 0.2) is 15.4 Å². The number of hydrogen-bond donors (Lipinski definition) is 1. The van der Waals surface area contributed by atoms with Gasteiger partial charge in [-0.15, -0.1) is 0 Å². The van der Waals surface area contributed by atoms with Crippen LogP contribution in [0.4, 0.5) is 5.69 Å². The van der Waals surface area contributed by atoms with Crippen LogP contribution in [0.15, 0.2) is 56.2 Å². The topological polar surface area (TPSA) is 86.2 Å². The molecule has 0 fully saturated rings. The van der Waals surface area contributed by atoms with Crippen molar-refractivity contribution in [2.45, 2.75) is 10.6 Å². The number of halogens is 1. The zero-order chi connectivity index (χ0) is 15.0. The van der Waals surface area contributed by atoms with Gasteiger partial charge in [0, 0.05) is 10.2 Å². The molecule has 0 spiro atoms. The average molecular weight is 367 g/mol. The summed E-state index contributed by atoms with van der Waals surface area (Å²) in [5, 5.41) is 0. The third kappa shape index (κ3) is 2.79. The van der Waals surface area contributed by atoms with Crippen molar-refractivity contribution in [3.05, 3.63) is 52.8 Å². The van der Waals surface area contributed by atoms with Crippen molar-refractivity contribution >= 4 is 42.6 Å². The number of hydrogen-bond acceptors (Lipinski definition) is 5. The minimum atomic E-state index is -3.54. The highest BCUT2D eigenvalue weighted by atomic mass is 79.9. The summed E-state index contributed by atoms with van der Waals surface area (Å²) in [4.78, 5) is 4.39. The molecule has 5 nitrogen and oxygen atoms in total. The first-order chi connectivity index (χ1) is 9.95. The predicted octanol–water partition coefficient (Wildman–Crippen LogP) is 3.15. The second-order valence-electron chi connectivity index (χ2n) is 4.52. The summed E-state index contributed by atoms with van der Waals surface area (Å²) in [5.41, 5.74) is 7.28. The molecular formula is C14H11BrN2O3S. The number of sulfone groups is 1. The van der Waals surface area contributed by atoms with E-state index in [1.807, 2.05) is 0 Å². The summed E-state index contributed by atoms with van der Waals surface area (Å²) in [6.07, 6.45) is 0. The van der Waals surface area contributed by atoms with Crippen LogP contribution in [0.5, 0.6) is 0 Å². The maximum absolute atomic E-state index is 12.4. The van der Waals surface area contributed by atoms with E-state index in [9.17, 15) is 8.42 Å². The van der Waals surface area contributed by atoms with Gasteiger partial charge < -0.3 is 10.2 Å². The maximum Gasteiger partial charge on any atom is 0.211 e. The number of nitrogens with zero attached hydrogens (tertiary/aromatic N) is 1. The Morgan fingerprint density at radius 3 is 2.71 bits per heavy atom. The fraction of sp³-hybridized carbons (Fsp3) is 0.0714. The van der Waals surface area contributed by atoms with E-state index in [0.717, 1.165) is 0 Å². The predicted molar refractivity (Wildman–Crippen MR) is 83.5 cm³/mol. The first-order valence-corrected chi connectivity index (χ1v) is 8.52. The lowest BCUT2D eigenvalue weighted by atomic mass is 10.3. The quantitative estimate of drug-likeness (QED) is 0.719. The minimum absolute atomic E-state index is 0.145. The van der Waals surface area contributed by atoms with Crippen LogP contribution in [-0.2, 0) is 15.6 Å². The number of nitrogens with two attached hydrogens (primary N) is 1. The van der Waals surface area contributed by atoms with E-state index in [1.165, 1.54) is 0 Å². The lowest BCUT2D eigenvalue weighted by Gasteiger charge is -2.03. The number of oxazole rings is 1. The maximum atomic E-state index is 12.4. The van der Waals surface area contributed by atoms with Crippen LogP contribution >= 0.6 is 15.9 Å². The third-order valence-corrected chi connectivity index (χ3v) is 5.55. The lowest BCUT2D eigenvalue weighted by Crippen LogP contribution is -2.05. The number of anilines is 1. The molecule has 0 saturated heterocycles. The largest absolute Gasteiger partial charge is 0.440 e. The van der Waals surface area contributed by atoms with Gasteiger partial charge in [0.2, 0.25) is 5.89 Å². The molecule has 2 aromatic carbocycles. The first-order valence-electron chi connectivity index (χ1n) is 6.08. The molecule has 0 aliphatic rings. The second kappa shape index (κ2) is 5.16. The van der Waals surface area contributed by atoms with Crippen LogP contribution in [-0.4, -0.2) is 13.4 Å². The Kier molecular flexibility index (Phi) is 3.46. The van der Waals surface area contributed by atoms with Crippen molar-refractivity contribution in [1.29, 1.82) is 0 Å². The second-order valence-corrected chi connectivity index (χ2v) is 7.34. The number of aromatic nitrogens is 1. The highest BCUT2D eigenvalue weighted by Crippen LogP contribution is 2.26. The van der Waals surface area contributed by atoms with Gasteiger partial charge in [0.25, 0.3) is 0 Å². The summed E-state index contributed by atoms with van der Waals surface area (Å²) in [7, 11) is -3.54. The molecule has 3 rings (SSSR count). The molecule has 21 heavy (non-hydrogen) atoms. The van der Waals surface area contributed by atoms with E-state index >= 15 is 0 Å². The van der Waals surface area contributed by atoms with E-state index in [0.29, 0.717) is 21.3 Å². The molecule has 0 atom stereocenters. The van der Waals surface area contributed by atoms with Gasteiger partial charge in [-0.25, -0.2) is 13.4 Å². The van der Waals surface area contributed by atoms with Gasteiger partial charge in [-0.3, -0.25) is 0 Å². The van der Waals surface area contributed by atoms with Crippen molar-refractivity contribution in [2.75, 3.05) is 5.73 Å². The van der Waals surface area contributed by atoms with Crippen LogP contribution in [0.25, 0.3) is 11.1 Å². The van der Waals surface area contributed by atoms with Crippen molar-refractivity contribution in [1.82, 2.24) is 4.98 Å². The Morgan fingerprint density at radius 2 is 1.95 bits per heavy atom. The Bertz CT molecular complexity index is 919. The molecule has 0 bridgehead atoms. The summed E-state index contributed by atoms with van der Waals surface area (Å²) >= 11 is 3.24. The molecule has 1 heterocycles. The van der Waals surface area contributed by atoms with E-state index in [1.54, 1.807) is 42.5 Å². The monoisotopic (exact) mass is 366 g/mol. The minimum Gasteiger partial charge on any atom is -0.440 e. The highest BCUT2D eigenvalue weighted by molar-refractivity contribution is 9.10. The molecule has 1 aromatic heterocycles.